The van der Waals surface area contributed by atoms with Crippen molar-refractivity contribution in [1.82, 2.24) is 5.32 Å². The van der Waals surface area contributed by atoms with E-state index in [0.29, 0.717) is 6.54 Å². The predicted octanol–water partition coefficient (Wildman–Crippen LogP) is 1.24. The first-order valence-electron chi connectivity index (χ1n) is 5.51. The van der Waals surface area contributed by atoms with Crippen molar-refractivity contribution in [3.05, 3.63) is 0 Å². The third kappa shape index (κ3) is 4.32. The van der Waals surface area contributed by atoms with Crippen molar-refractivity contribution in [2.45, 2.75) is 45.6 Å². The summed E-state index contributed by atoms with van der Waals surface area (Å²) in [6, 6.07) is 0. The van der Waals surface area contributed by atoms with E-state index in [2.05, 4.69) is 5.32 Å². The highest BCUT2D eigenvalue weighted by atomic mass is 16.5. The molecule has 0 bridgehead atoms. The van der Waals surface area contributed by atoms with Crippen LogP contribution in [0.1, 0.15) is 39.5 Å². The summed E-state index contributed by atoms with van der Waals surface area (Å²) in [5.74, 6) is 0.0309. The highest BCUT2D eigenvalue weighted by Gasteiger charge is 2.27. The van der Waals surface area contributed by atoms with Gasteiger partial charge < -0.3 is 10.1 Å². The fourth-order valence-electron chi connectivity index (χ4n) is 2.05. The Labute approximate surface area is 90.4 Å². The fraction of sp³-hybridized carbons (Fsp3) is 0.818. The molecule has 4 nitrogen and oxygen atoms in total. The molecule has 1 amide bonds. The lowest BCUT2D eigenvalue weighted by molar-refractivity contribution is -0.150. The summed E-state index contributed by atoms with van der Waals surface area (Å²) in [5.41, 5.74) is 0. The zero-order chi connectivity index (χ0) is 11.3. The number of hydrogen-bond donors (Lipinski definition) is 1. The Balaban J connectivity index is 2.42. The van der Waals surface area contributed by atoms with Crippen LogP contribution in [0.25, 0.3) is 0 Å². The third-order valence-electron chi connectivity index (χ3n) is 2.77. The maximum absolute atomic E-state index is 10.9. The molecule has 1 aliphatic rings. The van der Waals surface area contributed by atoms with Crippen molar-refractivity contribution in [2.24, 2.45) is 5.92 Å². The Morgan fingerprint density at radius 1 is 1.27 bits per heavy atom. The molecule has 4 heteroatoms. The normalized spacial score (nSPS) is 25.7. The van der Waals surface area contributed by atoms with Gasteiger partial charge in [0.1, 0.15) is 6.10 Å². The summed E-state index contributed by atoms with van der Waals surface area (Å²) in [7, 11) is 0. The molecule has 1 aliphatic carbocycles. The van der Waals surface area contributed by atoms with E-state index in [-0.39, 0.29) is 23.9 Å². The van der Waals surface area contributed by atoms with E-state index in [1.54, 1.807) is 0 Å². The fourth-order valence-corrected chi connectivity index (χ4v) is 2.05. The van der Waals surface area contributed by atoms with Gasteiger partial charge in [-0.15, -0.1) is 0 Å². The SMILES string of the molecule is CC(=O)NC[C@@H]1CCCCC1OC(C)=O. The van der Waals surface area contributed by atoms with Crippen LogP contribution in [0.4, 0.5) is 0 Å². The van der Waals surface area contributed by atoms with Crippen LogP contribution in [0, 0.1) is 5.92 Å². The van der Waals surface area contributed by atoms with Crippen LogP contribution in [0.3, 0.4) is 0 Å². The molecule has 0 aromatic carbocycles. The Hall–Kier alpha value is -1.06. The van der Waals surface area contributed by atoms with Crippen LogP contribution in [0.5, 0.6) is 0 Å². The lowest BCUT2D eigenvalue weighted by atomic mass is 9.86. The average molecular weight is 213 g/mol. The summed E-state index contributed by atoms with van der Waals surface area (Å²) in [6.45, 7) is 3.56. The van der Waals surface area contributed by atoms with E-state index < -0.39 is 0 Å². The Morgan fingerprint density at radius 3 is 2.53 bits per heavy atom. The van der Waals surface area contributed by atoms with E-state index >= 15 is 0 Å². The molecule has 15 heavy (non-hydrogen) atoms. The minimum absolute atomic E-state index is 0.0110. The Morgan fingerprint density at radius 2 is 1.93 bits per heavy atom. The molecule has 1 saturated carbocycles. The quantitative estimate of drug-likeness (QED) is 0.718. The van der Waals surface area contributed by atoms with E-state index in [9.17, 15) is 9.59 Å². The molecular weight excluding hydrogens is 194 g/mol. The van der Waals surface area contributed by atoms with Crippen LogP contribution in [0.15, 0.2) is 0 Å². The zero-order valence-corrected chi connectivity index (χ0v) is 9.41. The number of hydrogen-bond acceptors (Lipinski definition) is 3. The van der Waals surface area contributed by atoms with Crippen LogP contribution in [-0.4, -0.2) is 24.5 Å². The molecule has 1 N–H and O–H groups in total. The molecular formula is C11H19NO3. The van der Waals surface area contributed by atoms with Crippen molar-refractivity contribution >= 4 is 11.9 Å². The molecule has 1 fully saturated rings. The predicted molar refractivity (Wildman–Crippen MR) is 56.2 cm³/mol. The monoisotopic (exact) mass is 213 g/mol. The molecule has 0 radical (unpaired) electrons. The molecule has 0 aromatic rings. The largest absolute Gasteiger partial charge is 0.462 e. The van der Waals surface area contributed by atoms with Gasteiger partial charge in [-0.2, -0.15) is 0 Å². The Bertz CT molecular complexity index is 240. The van der Waals surface area contributed by atoms with Gasteiger partial charge in [0, 0.05) is 26.3 Å². The van der Waals surface area contributed by atoms with Gasteiger partial charge in [0.25, 0.3) is 0 Å². The molecule has 0 aromatic heterocycles. The van der Waals surface area contributed by atoms with Gasteiger partial charge in [0.05, 0.1) is 0 Å². The number of carbonyl (C=O) groups is 2. The lowest BCUT2D eigenvalue weighted by Gasteiger charge is -2.30. The van der Waals surface area contributed by atoms with E-state index in [1.807, 2.05) is 0 Å². The highest BCUT2D eigenvalue weighted by molar-refractivity contribution is 5.72. The maximum atomic E-state index is 10.9. The number of carbonyl (C=O) groups excluding carboxylic acids is 2. The first-order valence-corrected chi connectivity index (χ1v) is 5.51. The van der Waals surface area contributed by atoms with Crippen molar-refractivity contribution < 1.29 is 14.3 Å². The third-order valence-corrected chi connectivity index (χ3v) is 2.77. The summed E-state index contributed by atoms with van der Waals surface area (Å²) in [6.07, 6.45) is 4.20. The van der Waals surface area contributed by atoms with Crippen LogP contribution in [-0.2, 0) is 14.3 Å². The van der Waals surface area contributed by atoms with Gasteiger partial charge >= 0.3 is 5.97 Å². The number of esters is 1. The van der Waals surface area contributed by atoms with Gasteiger partial charge in [0.2, 0.25) is 5.91 Å². The van der Waals surface area contributed by atoms with Crippen molar-refractivity contribution in [2.75, 3.05) is 6.54 Å². The second-order valence-corrected chi connectivity index (χ2v) is 4.13. The van der Waals surface area contributed by atoms with E-state index in [0.717, 1.165) is 25.7 Å². The lowest BCUT2D eigenvalue weighted by Crippen LogP contribution is -2.38. The average Bonchev–Trinajstić information content (AvgIpc) is 2.15. The standard InChI is InChI=1S/C11H19NO3/c1-8(13)12-7-10-5-3-4-6-11(10)15-9(2)14/h10-11H,3-7H2,1-2H3,(H,12,13)/t10-,11?/m0/s1. The number of nitrogens with one attached hydrogen (secondary N) is 1. The first kappa shape index (κ1) is 12.0. The minimum Gasteiger partial charge on any atom is -0.462 e. The highest BCUT2D eigenvalue weighted by Crippen LogP contribution is 2.26. The molecule has 0 spiro atoms. The second kappa shape index (κ2) is 5.73. The van der Waals surface area contributed by atoms with Crippen LogP contribution >= 0.6 is 0 Å². The molecule has 0 heterocycles. The van der Waals surface area contributed by atoms with Gasteiger partial charge in [0.15, 0.2) is 0 Å². The topological polar surface area (TPSA) is 55.4 Å². The minimum atomic E-state index is -0.227. The van der Waals surface area contributed by atoms with Gasteiger partial charge in [-0.05, 0) is 19.3 Å². The molecule has 0 aliphatic heterocycles. The van der Waals surface area contributed by atoms with Gasteiger partial charge in [-0.3, -0.25) is 9.59 Å². The van der Waals surface area contributed by atoms with E-state index in [1.165, 1.54) is 13.8 Å². The van der Waals surface area contributed by atoms with Crippen LogP contribution < -0.4 is 5.32 Å². The number of rotatable bonds is 3. The summed E-state index contributed by atoms with van der Waals surface area (Å²) in [4.78, 5) is 21.7. The zero-order valence-electron chi connectivity index (χ0n) is 9.41. The molecule has 1 unspecified atom stereocenters. The number of amides is 1. The number of ether oxygens (including phenoxy) is 1. The van der Waals surface area contributed by atoms with Crippen LogP contribution in [0.2, 0.25) is 0 Å². The molecule has 2 atom stereocenters. The Kier molecular flexibility index (Phi) is 4.59. The van der Waals surface area contributed by atoms with Crippen molar-refractivity contribution in [3.63, 3.8) is 0 Å². The summed E-state index contributed by atoms with van der Waals surface area (Å²) >= 11 is 0. The second-order valence-electron chi connectivity index (χ2n) is 4.13. The molecule has 86 valence electrons. The van der Waals surface area contributed by atoms with E-state index in [4.69, 9.17) is 4.74 Å². The molecule has 0 saturated heterocycles. The van der Waals surface area contributed by atoms with Gasteiger partial charge in [-0.25, -0.2) is 0 Å². The maximum Gasteiger partial charge on any atom is 0.302 e. The van der Waals surface area contributed by atoms with Crippen molar-refractivity contribution in [3.8, 4) is 0 Å². The smallest absolute Gasteiger partial charge is 0.302 e. The van der Waals surface area contributed by atoms with Gasteiger partial charge in [-0.1, -0.05) is 6.42 Å². The first-order chi connectivity index (χ1) is 7.09. The van der Waals surface area contributed by atoms with Crippen molar-refractivity contribution in [1.29, 1.82) is 0 Å². The summed E-state index contributed by atoms with van der Waals surface area (Å²) < 4.78 is 5.25. The molecule has 1 rings (SSSR count). The summed E-state index contributed by atoms with van der Waals surface area (Å²) in [5, 5.41) is 2.79.